The van der Waals surface area contributed by atoms with Crippen LogP contribution in [0.5, 0.6) is 11.5 Å². The quantitative estimate of drug-likeness (QED) is 0.677. The highest BCUT2D eigenvalue weighted by Gasteiger charge is 2.22. The molecule has 1 amide bonds. The Morgan fingerprint density at radius 2 is 1.75 bits per heavy atom. The number of anilines is 1. The fourth-order valence-corrected chi connectivity index (χ4v) is 3.78. The summed E-state index contributed by atoms with van der Waals surface area (Å²) in [6, 6.07) is 15.5. The highest BCUT2D eigenvalue weighted by molar-refractivity contribution is 5.97. The number of methoxy groups -OCH3 is 2. The molecule has 1 fully saturated rings. The zero-order valence-electron chi connectivity index (χ0n) is 16.2. The number of rotatable bonds is 5. The van der Waals surface area contributed by atoms with Crippen molar-refractivity contribution in [1.82, 2.24) is 4.98 Å². The molecule has 0 saturated heterocycles. The maximum absolute atomic E-state index is 12.4. The van der Waals surface area contributed by atoms with E-state index in [1.165, 1.54) is 0 Å². The minimum atomic E-state index is 0.110. The fourth-order valence-electron chi connectivity index (χ4n) is 3.78. The number of fused-ring (bicyclic) bond motifs is 1. The van der Waals surface area contributed by atoms with Crippen molar-refractivity contribution in [3.05, 3.63) is 48.5 Å². The second-order valence-electron chi connectivity index (χ2n) is 7.14. The van der Waals surface area contributed by atoms with Gasteiger partial charge in [0.25, 0.3) is 0 Å². The summed E-state index contributed by atoms with van der Waals surface area (Å²) in [7, 11) is 3.30. The Balaban J connectivity index is 1.66. The summed E-state index contributed by atoms with van der Waals surface area (Å²) >= 11 is 0. The van der Waals surface area contributed by atoms with Crippen LogP contribution in [0.25, 0.3) is 22.2 Å². The van der Waals surface area contributed by atoms with E-state index >= 15 is 0 Å². The smallest absolute Gasteiger partial charge is 0.227 e. The predicted molar refractivity (Wildman–Crippen MR) is 111 cm³/mol. The number of nitrogens with one attached hydrogen (secondary N) is 1. The minimum absolute atomic E-state index is 0.110. The van der Waals surface area contributed by atoms with E-state index < -0.39 is 0 Å². The number of nitrogens with zero attached hydrogens (tertiary/aromatic N) is 1. The third-order valence-corrected chi connectivity index (χ3v) is 5.37. The number of hydrogen-bond acceptors (Lipinski definition) is 4. The number of carbonyl (C=O) groups excluding carboxylic acids is 1. The van der Waals surface area contributed by atoms with Crippen LogP contribution in [0.1, 0.15) is 25.7 Å². The van der Waals surface area contributed by atoms with Gasteiger partial charge in [-0.25, -0.2) is 4.98 Å². The summed E-state index contributed by atoms with van der Waals surface area (Å²) in [6.07, 6.45) is 4.24. The SMILES string of the molecule is COc1ccc(-c2cc(OC)c3cc(NC(=O)C4CCCC4)ccc3n2)cc1. The van der Waals surface area contributed by atoms with E-state index in [2.05, 4.69) is 5.32 Å². The van der Waals surface area contributed by atoms with Crippen molar-refractivity contribution < 1.29 is 14.3 Å². The third kappa shape index (κ3) is 3.65. The summed E-state index contributed by atoms with van der Waals surface area (Å²) < 4.78 is 10.8. The molecule has 144 valence electrons. The summed E-state index contributed by atoms with van der Waals surface area (Å²) in [5.74, 6) is 1.78. The van der Waals surface area contributed by atoms with Gasteiger partial charge in [0.05, 0.1) is 25.4 Å². The molecule has 4 rings (SSSR count). The highest BCUT2D eigenvalue weighted by atomic mass is 16.5. The van der Waals surface area contributed by atoms with E-state index in [0.29, 0.717) is 0 Å². The largest absolute Gasteiger partial charge is 0.497 e. The predicted octanol–water partition coefficient (Wildman–Crippen LogP) is 5.05. The second-order valence-corrected chi connectivity index (χ2v) is 7.14. The first-order valence-electron chi connectivity index (χ1n) is 9.62. The molecule has 0 spiro atoms. The van der Waals surface area contributed by atoms with Crippen LogP contribution in [0, 0.1) is 5.92 Å². The third-order valence-electron chi connectivity index (χ3n) is 5.37. The Labute approximate surface area is 164 Å². The molecule has 1 N–H and O–H groups in total. The highest BCUT2D eigenvalue weighted by Crippen LogP contribution is 2.33. The molecule has 2 aromatic carbocycles. The number of aromatic nitrogens is 1. The van der Waals surface area contributed by atoms with Crippen LogP contribution in [0.2, 0.25) is 0 Å². The van der Waals surface area contributed by atoms with Gasteiger partial charge in [-0.05, 0) is 55.3 Å². The van der Waals surface area contributed by atoms with Crippen LogP contribution >= 0.6 is 0 Å². The summed E-state index contributed by atoms with van der Waals surface area (Å²) in [5, 5.41) is 3.93. The molecular formula is C23H24N2O3. The van der Waals surface area contributed by atoms with Gasteiger partial charge in [-0.1, -0.05) is 12.8 Å². The lowest BCUT2D eigenvalue weighted by Crippen LogP contribution is -2.20. The number of amides is 1. The number of pyridine rings is 1. The molecule has 3 aromatic rings. The molecule has 5 heteroatoms. The van der Waals surface area contributed by atoms with Gasteiger partial charge in [-0.2, -0.15) is 0 Å². The van der Waals surface area contributed by atoms with E-state index in [1.807, 2.05) is 48.5 Å². The second kappa shape index (κ2) is 7.89. The zero-order valence-corrected chi connectivity index (χ0v) is 16.2. The van der Waals surface area contributed by atoms with Crippen molar-refractivity contribution in [3.63, 3.8) is 0 Å². The number of hydrogen-bond donors (Lipinski definition) is 1. The van der Waals surface area contributed by atoms with Crippen molar-refractivity contribution in [2.75, 3.05) is 19.5 Å². The minimum Gasteiger partial charge on any atom is -0.497 e. The first-order chi connectivity index (χ1) is 13.7. The van der Waals surface area contributed by atoms with Crippen LogP contribution in [0.3, 0.4) is 0 Å². The molecule has 1 aliphatic rings. The van der Waals surface area contributed by atoms with E-state index in [4.69, 9.17) is 14.5 Å². The number of benzene rings is 2. The summed E-state index contributed by atoms with van der Waals surface area (Å²) in [4.78, 5) is 17.2. The standard InChI is InChI=1S/C23H24N2O3/c1-27-18-10-7-15(8-11-18)21-14-22(28-2)19-13-17(9-12-20(19)25-21)24-23(26)16-5-3-4-6-16/h7-14,16H,3-6H2,1-2H3,(H,24,26). The molecule has 1 heterocycles. The lowest BCUT2D eigenvalue weighted by Gasteiger charge is -2.13. The van der Waals surface area contributed by atoms with Crippen molar-refractivity contribution in [1.29, 1.82) is 0 Å². The van der Waals surface area contributed by atoms with Gasteiger partial charge in [-0.3, -0.25) is 4.79 Å². The Kier molecular flexibility index (Phi) is 5.15. The number of ether oxygens (including phenoxy) is 2. The van der Waals surface area contributed by atoms with Crippen molar-refractivity contribution >= 4 is 22.5 Å². The maximum Gasteiger partial charge on any atom is 0.227 e. The zero-order chi connectivity index (χ0) is 19.5. The average molecular weight is 376 g/mol. The summed E-state index contributed by atoms with van der Waals surface area (Å²) in [5.41, 5.74) is 3.42. The Morgan fingerprint density at radius 1 is 1.00 bits per heavy atom. The van der Waals surface area contributed by atoms with Crippen LogP contribution in [0.4, 0.5) is 5.69 Å². The maximum atomic E-state index is 12.4. The first kappa shape index (κ1) is 18.3. The van der Waals surface area contributed by atoms with Gasteiger partial charge in [0, 0.05) is 28.6 Å². The Morgan fingerprint density at radius 3 is 2.43 bits per heavy atom. The van der Waals surface area contributed by atoms with E-state index in [1.54, 1.807) is 14.2 Å². The van der Waals surface area contributed by atoms with Crippen LogP contribution in [0.15, 0.2) is 48.5 Å². The van der Waals surface area contributed by atoms with Gasteiger partial charge < -0.3 is 14.8 Å². The molecule has 5 nitrogen and oxygen atoms in total. The molecule has 0 aliphatic heterocycles. The lowest BCUT2D eigenvalue weighted by atomic mass is 10.1. The number of carbonyl (C=O) groups is 1. The Hall–Kier alpha value is -3.08. The van der Waals surface area contributed by atoms with Crippen LogP contribution in [-0.2, 0) is 4.79 Å². The molecule has 0 radical (unpaired) electrons. The monoisotopic (exact) mass is 376 g/mol. The normalized spacial score (nSPS) is 14.2. The summed E-state index contributed by atoms with van der Waals surface area (Å²) in [6.45, 7) is 0. The van der Waals surface area contributed by atoms with Gasteiger partial charge in [0.15, 0.2) is 0 Å². The molecule has 0 atom stereocenters. The first-order valence-corrected chi connectivity index (χ1v) is 9.62. The van der Waals surface area contributed by atoms with Crippen molar-refractivity contribution in [3.8, 4) is 22.8 Å². The Bertz CT molecular complexity index is 993. The van der Waals surface area contributed by atoms with Gasteiger partial charge in [-0.15, -0.1) is 0 Å². The topological polar surface area (TPSA) is 60.5 Å². The van der Waals surface area contributed by atoms with E-state index in [9.17, 15) is 4.79 Å². The fraction of sp³-hybridized carbons (Fsp3) is 0.304. The van der Waals surface area contributed by atoms with Gasteiger partial charge in [0.1, 0.15) is 11.5 Å². The molecule has 0 unspecified atom stereocenters. The van der Waals surface area contributed by atoms with Crippen LogP contribution in [-0.4, -0.2) is 25.1 Å². The molecule has 1 aromatic heterocycles. The van der Waals surface area contributed by atoms with Crippen molar-refractivity contribution in [2.24, 2.45) is 5.92 Å². The molecular weight excluding hydrogens is 352 g/mol. The molecule has 0 bridgehead atoms. The van der Waals surface area contributed by atoms with Gasteiger partial charge >= 0.3 is 0 Å². The van der Waals surface area contributed by atoms with E-state index in [-0.39, 0.29) is 11.8 Å². The average Bonchev–Trinajstić information content (AvgIpc) is 3.28. The van der Waals surface area contributed by atoms with Crippen LogP contribution < -0.4 is 14.8 Å². The lowest BCUT2D eigenvalue weighted by molar-refractivity contribution is -0.119. The molecule has 1 aliphatic carbocycles. The van der Waals surface area contributed by atoms with Crippen molar-refractivity contribution in [2.45, 2.75) is 25.7 Å². The van der Waals surface area contributed by atoms with Gasteiger partial charge in [0.2, 0.25) is 5.91 Å². The molecule has 28 heavy (non-hydrogen) atoms. The molecule has 1 saturated carbocycles. The van der Waals surface area contributed by atoms with E-state index in [0.717, 1.165) is 65.0 Å².